The zero-order chi connectivity index (χ0) is 14.6. The number of nitrogens with zero attached hydrogens (tertiary/aromatic N) is 1. The SMILES string of the molecule is CC1=CC(CC(=NNC(C)(C)C)c2ccccc2)C=C1. The molecule has 1 aliphatic carbocycles. The lowest BCUT2D eigenvalue weighted by atomic mass is 9.98. The monoisotopic (exact) mass is 268 g/mol. The molecule has 1 unspecified atom stereocenters. The molecule has 0 spiro atoms. The molecule has 1 N–H and O–H groups in total. The summed E-state index contributed by atoms with van der Waals surface area (Å²) < 4.78 is 0. The van der Waals surface area contributed by atoms with Crippen molar-refractivity contribution in [2.75, 3.05) is 0 Å². The standard InChI is InChI=1S/C18H24N2/c1-14-10-11-15(12-14)13-17(19-20-18(2,3)4)16-8-6-5-7-9-16/h5-12,15,20H,13H2,1-4H3. The van der Waals surface area contributed by atoms with Gasteiger partial charge in [-0.25, -0.2) is 0 Å². The van der Waals surface area contributed by atoms with Crippen LogP contribution in [0.15, 0.2) is 59.2 Å². The lowest BCUT2D eigenvalue weighted by molar-refractivity contribution is 0.440. The molecule has 2 heteroatoms. The topological polar surface area (TPSA) is 24.4 Å². The van der Waals surface area contributed by atoms with Crippen LogP contribution in [0.3, 0.4) is 0 Å². The molecular formula is C18H24N2. The lowest BCUT2D eigenvalue weighted by Gasteiger charge is -2.19. The maximum absolute atomic E-state index is 4.66. The first-order valence-corrected chi connectivity index (χ1v) is 7.20. The van der Waals surface area contributed by atoms with E-state index in [-0.39, 0.29) is 5.54 Å². The van der Waals surface area contributed by atoms with Crippen LogP contribution in [0.4, 0.5) is 0 Å². The van der Waals surface area contributed by atoms with Gasteiger partial charge >= 0.3 is 0 Å². The number of nitrogens with one attached hydrogen (secondary N) is 1. The first-order valence-electron chi connectivity index (χ1n) is 7.20. The van der Waals surface area contributed by atoms with E-state index in [0.29, 0.717) is 5.92 Å². The molecule has 1 aliphatic rings. The second-order valence-corrected chi connectivity index (χ2v) is 6.42. The summed E-state index contributed by atoms with van der Waals surface area (Å²) >= 11 is 0. The van der Waals surface area contributed by atoms with E-state index < -0.39 is 0 Å². The third-order valence-corrected chi connectivity index (χ3v) is 3.15. The molecular weight excluding hydrogens is 244 g/mol. The highest BCUT2D eigenvalue weighted by atomic mass is 15.3. The van der Waals surface area contributed by atoms with E-state index in [0.717, 1.165) is 12.1 Å². The van der Waals surface area contributed by atoms with Crippen molar-refractivity contribution in [3.63, 3.8) is 0 Å². The zero-order valence-corrected chi connectivity index (χ0v) is 12.9. The molecule has 0 bridgehead atoms. The van der Waals surface area contributed by atoms with E-state index in [1.54, 1.807) is 0 Å². The summed E-state index contributed by atoms with van der Waals surface area (Å²) in [7, 11) is 0. The first kappa shape index (κ1) is 14.6. The number of hydrogen-bond acceptors (Lipinski definition) is 2. The van der Waals surface area contributed by atoms with Crippen LogP contribution in [0.1, 0.15) is 39.7 Å². The van der Waals surface area contributed by atoms with Crippen LogP contribution in [0.25, 0.3) is 0 Å². The Morgan fingerprint density at radius 2 is 1.90 bits per heavy atom. The van der Waals surface area contributed by atoms with Crippen LogP contribution in [0, 0.1) is 5.92 Å². The van der Waals surface area contributed by atoms with Crippen LogP contribution in [0.5, 0.6) is 0 Å². The fourth-order valence-electron chi connectivity index (χ4n) is 2.17. The van der Waals surface area contributed by atoms with Crippen molar-refractivity contribution in [3.8, 4) is 0 Å². The van der Waals surface area contributed by atoms with Gasteiger partial charge in [-0.1, -0.05) is 54.1 Å². The Bertz CT molecular complexity index is 530. The fourth-order valence-corrected chi connectivity index (χ4v) is 2.17. The Balaban J connectivity index is 2.19. The molecule has 0 amide bonds. The van der Waals surface area contributed by atoms with Crippen LogP contribution < -0.4 is 5.43 Å². The van der Waals surface area contributed by atoms with Crippen LogP contribution in [0.2, 0.25) is 0 Å². The van der Waals surface area contributed by atoms with Gasteiger partial charge < -0.3 is 5.43 Å². The summed E-state index contributed by atoms with van der Waals surface area (Å²) in [6, 6.07) is 10.4. The summed E-state index contributed by atoms with van der Waals surface area (Å²) in [6.07, 6.45) is 7.67. The van der Waals surface area contributed by atoms with Gasteiger partial charge in [0.15, 0.2) is 0 Å². The van der Waals surface area contributed by atoms with Gasteiger partial charge in [-0.2, -0.15) is 5.10 Å². The summed E-state index contributed by atoms with van der Waals surface area (Å²) in [5.41, 5.74) is 6.87. The lowest BCUT2D eigenvalue weighted by Crippen LogP contribution is -2.32. The molecule has 0 aromatic heterocycles. The van der Waals surface area contributed by atoms with Gasteiger partial charge in [-0.05, 0) is 33.3 Å². The van der Waals surface area contributed by atoms with Gasteiger partial charge in [0, 0.05) is 17.9 Å². The smallest absolute Gasteiger partial charge is 0.0684 e. The van der Waals surface area contributed by atoms with Gasteiger partial charge in [0.05, 0.1) is 5.71 Å². The molecule has 0 heterocycles. The highest BCUT2D eigenvalue weighted by Crippen LogP contribution is 2.21. The minimum atomic E-state index is -0.0166. The molecule has 0 radical (unpaired) electrons. The Labute approximate surface area is 122 Å². The molecule has 106 valence electrons. The van der Waals surface area contributed by atoms with E-state index >= 15 is 0 Å². The Morgan fingerprint density at radius 3 is 2.45 bits per heavy atom. The van der Waals surface area contributed by atoms with Gasteiger partial charge in [-0.3, -0.25) is 0 Å². The second kappa shape index (κ2) is 6.08. The van der Waals surface area contributed by atoms with Crippen molar-refractivity contribution < 1.29 is 0 Å². The summed E-state index contributed by atoms with van der Waals surface area (Å²) in [6.45, 7) is 8.51. The Hall–Kier alpha value is -1.83. The highest BCUT2D eigenvalue weighted by Gasteiger charge is 2.14. The van der Waals surface area contributed by atoms with Crippen LogP contribution >= 0.6 is 0 Å². The Morgan fingerprint density at radius 1 is 1.20 bits per heavy atom. The molecule has 0 saturated heterocycles. The number of hydrogen-bond donors (Lipinski definition) is 1. The average Bonchev–Trinajstić information content (AvgIpc) is 2.80. The molecule has 20 heavy (non-hydrogen) atoms. The van der Waals surface area contributed by atoms with Crippen molar-refractivity contribution >= 4 is 5.71 Å². The van der Waals surface area contributed by atoms with E-state index in [4.69, 9.17) is 0 Å². The third kappa shape index (κ3) is 4.37. The average molecular weight is 268 g/mol. The van der Waals surface area contributed by atoms with Crippen molar-refractivity contribution in [3.05, 3.63) is 59.7 Å². The molecule has 0 aliphatic heterocycles. The van der Waals surface area contributed by atoms with Crippen molar-refractivity contribution in [2.24, 2.45) is 11.0 Å². The minimum Gasteiger partial charge on any atom is -0.305 e. The summed E-state index contributed by atoms with van der Waals surface area (Å²) in [4.78, 5) is 0. The highest BCUT2D eigenvalue weighted by molar-refractivity contribution is 6.00. The van der Waals surface area contributed by atoms with E-state index in [9.17, 15) is 0 Å². The summed E-state index contributed by atoms with van der Waals surface area (Å²) in [5, 5.41) is 4.66. The van der Waals surface area contributed by atoms with E-state index in [2.05, 4.69) is 80.7 Å². The molecule has 1 aromatic rings. The second-order valence-electron chi connectivity index (χ2n) is 6.42. The predicted molar refractivity (Wildman–Crippen MR) is 86.9 cm³/mol. The molecule has 0 fully saturated rings. The molecule has 2 rings (SSSR count). The van der Waals surface area contributed by atoms with Crippen LogP contribution in [-0.4, -0.2) is 11.3 Å². The van der Waals surface area contributed by atoms with Crippen molar-refractivity contribution in [2.45, 2.75) is 39.7 Å². The Kier molecular flexibility index (Phi) is 4.43. The van der Waals surface area contributed by atoms with E-state index in [1.165, 1.54) is 11.1 Å². The fraction of sp³-hybridized carbons (Fsp3) is 0.389. The quantitative estimate of drug-likeness (QED) is 0.639. The van der Waals surface area contributed by atoms with Gasteiger partial charge in [0.1, 0.15) is 0 Å². The zero-order valence-electron chi connectivity index (χ0n) is 12.9. The van der Waals surface area contributed by atoms with Gasteiger partial charge in [0.2, 0.25) is 0 Å². The number of rotatable bonds is 4. The maximum atomic E-state index is 4.66. The molecule has 2 nitrogen and oxygen atoms in total. The molecule has 1 atom stereocenters. The number of benzene rings is 1. The molecule has 0 saturated carbocycles. The van der Waals surface area contributed by atoms with Crippen molar-refractivity contribution in [1.82, 2.24) is 5.43 Å². The summed E-state index contributed by atoms with van der Waals surface area (Å²) in [5.74, 6) is 0.454. The van der Waals surface area contributed by atoms with Crippen molar-refractivity contribution in [1.29, 1.82) is 0 Å². The van der Waals surface area contributed by atoms with Crippen LogP contribution in [-0.2, 0) is 0 Å². The van der Waals surface area contributed by atoms with Gasteiger partial charge in [0.25, 0.3) is 0 Å². The maximum Gasteiger partial charge on any atom is 0.0684 e. The number of hydrazone groups is 1. The normalized spacial score (nSPS) is 19.1. The largest absolute Gasteiger partial charge is 0.305 e. The van der Waals surface area contributed by atoms with Gasteiger partial charge in [-0.15, -0.1) is 0 Å². The molecule has 1 aromatic carbocycles. The van der Waals surface area contributed by atoms with E-state index in [1.807, 2.05) is 6.07 Å². The third-order valence-electron chi connectivity index (χ3n) is 3.15. The predicted octanol–water partition coefficient (Wildman–Crippen LogP) is 4.30. The first-order chi connectivity index (χ1) is 9.44. The minimum absolute atomic E-state index is 0.0166. The number of allylic oxidation sites excluding steroid dienone is 4.